The van der Waals surface area contributed by atoms with Crippen LogP contribution in [0.25, 0.3) is 0 Å². The normalized spacial score (nSPS) is 12.2. The van der Waals surface area contributed by atoms with Gasteiger partial charge in [0.05, 0.1) is 4.92 Å². The number of nitro groups is 1. The summed E-state index contributed by atoms with van der Waals surface area (Å²) in [6.45, 7) is 1.98. The number of rotatable bonds is 5. The summed E-state index contributed by atoms with van der Waals surface area (Å²) in [5.74, 6) is 0.889. The lowest BCUT2D eigenvalue weighted by atomic mass is 10.2. The fourth-order valence-electron chi connectivity index (χ4n) is 1.34. The maximum atomic E-state index is 10.8. The molecule has 1 aromatic carbocycles. The topological polar surface area (TPSA) is 55.2 Å². The highest BCUT2D eigenvalue weighted by molar-refractivity contribution is 7.98. The monoisotopic (exact) mass is 260 g/mol. The molecule has 6 heteroatoms. The van der Waals surface area contributed by atoms with Crippen LogP contribution in [-0.2, 0) is 0 Å². The zero-order valence-corrected chi connectivity index (χ0v) is 10.6. The van der Waals surface area contributed by atoms with Crippen molar-refractivity contribution in [1.29, 1.82) is 0 Å². The molecule has 4 nitrogen and oxygen atoms in total. The average molecular weight is 261 g/mol. The Bertz CT molecular complexity index is 387. The molecule has 0 bridgehead atoms. The zero-order valence-electron chi connectivity index (χ0n) is 9.07. The van der Waals surface area contributed by atoms with Crippen molar-refractivity contribution in [3.05, 3.63) is 33.3 Å². The van der Waals surface area contributed by atoms with Crippen molar-refractivity contribution in [1.82, 2.24) is 0 Å². The van der Waals surface area contributed by atoms with Crippen molar-refractivity contribution >= 4 is 34.7 Å². The summed E-state index contributed by atoms with van der Waals surface area (Å²) in [5.41, 5.74) is 0.524. The van der Waals surface area contributed by atoms with Gasteiger partial charge in [-0.2, -0.15) is 11.8 Å². The Labute approximate surface area is 104 Å². The van der Waals surface area contributed by atoms with E-state index >= 15 is 0 Å². The van der Waals surface area contributed by atoms with Crippen molar-refractivity contribution < 1.29 is 4.92 Å². The van der Waals surface area contributed by atoms with E-state index in [2.05, 4.69) is 5.32 Å². The molecule has 0 heterocycles. The summed E-state index contributed by atoms with van der Waals surface area (Å²) in [5, 5.41) is 14.3. The Morgan fingerprint density at radius 2 is 2.31 bits per heavy atom. The van der Waals surface area contributed by atoms with Crippen LogP contribution in [0.15, 0.2) is 18.2 Å². The van der Waals surface area contributed by atoms with E-state index in [4.69, 9.17) is 11.6 Å². The van der Waals surface area contributed by atoms with E-state index in [0.717, 1.165) is 5.75 Å². The SMILES string of the molecule is CSCC(C)Nc1ccc(Cl)cc1[N+](=O)[O-]. The molecule has 0 amide bonds. The minimum atomic E-state index is -0.431. The molecule has 1 aromatic rings. The summed E-state index contributed by atoms with van der Waals surface area (Å²) >= 11 is 7.41. The Hall–Kier alpha value is -0.940. The number of anilines is 1. The van der Waals surface area contributed by atoms with Crippen LogP contribution < -0.4 is 5.32 Å². The molecule has 0 saturated carbocycles. The number of halogens is 1. The van der Waals surface area contributed by atoms with E-state index in [-0.39, 0.29) is 11.7 Å². The molecule has 0 aliphatic heterocycles. The van der Waals surface area contributed by atoms with Crippen LogP contribution in [-0.4, -0.2) is 23.0 Å². The van der Waals surface area contributed by atoms with Gasteiger partial charge < -0.3 is 5.32 Å². The van der Waals surface area contributed by atoms with Gasteiger partial charge in [-0.25, -0.2) is 0 Å². The number of hydrogen-bond acceptors (Lipinski definition) is 4. The summed E-state index contributed by atoms with van der Waals surface area (Å²) in [6.07, 6.45) is 1.99. The number of thioether (sulfide) groups is 1. The molecule has 0 saturated heterocycles. The van der Waals surface area contributed by atoms with Crippen molar-refractivity contribution in [2.24, 2.45) is 0 Å². The van der Waals surface area contributed by atoms with E-state index in [9.17, 15) is 10.1 Å². The highest BCUT2D eigenvalue weighted by Crippen LogP contribution is 2.28. The predicted octanol–water partition coefficient (Wildman–Crippen LogP) is 3.41. The first kappa shape index (κ1) is 13.1. The van der Waals surface area contributed by atoms with Crippen molar-refractivity contribution in [2.75, 3.05) is 17.3 Å². The maximum Gasteiger partial charge on any atom is 0.293 e. The third kappa shape index (κ3) is 3.57. The summed E-state index contributed by atoms with van der Waals surface area (Å²) in [6, 6.07) is 4.81. The van der Waals surface area contributed by atoms with E-state index in [0.29, 0.717) is 10.7 Å². The lowest BCUT2D eigenvalue weighted by Gasteiger charge is -2.13. The third-order valence-electron chi connectivity index (χ3n) is 1.98. The van der Waals surface area contributed by atoms with Gasteiger partial charge in [0.25, 0.3) is 5.69 Å². The Balaban J connectivity index is 2.90. The molecule has 0 aliphatic carbocycles. The molecule has 0 aliphatic rings. The van der Waals surface area contributed by atoms with E-state index in [1.165, 1.54) is 6.07 Å². The largest absolute Gasteiger partial charge is 0.376 e. The lowest BCUT2D eigenvalue weighted by molar-refractivity contribution is -0.384. The average Bonchev–Trinajstić information content (AvgIpc) is 2.20. The molecule has 1 atom stereocenters. The van der Waals surface area contributed by atoms with Gasteiger partial charge in [0.1, 0.15) is 5.69 Å². The van der Waals surface area contributed by atoms with Gasteiger partial charge >= 0.3 is 0 Å². The van der Waals surface area contributed by atoms with Gasteiger partial charge in [-0.15, -0.1) is 0 Å². The van der Waals surface area contributed by atoms with E-state index in [1.54, 1.807) is 23.9 Å². The fourth-order valence-corrected chi connectivity index (χ4v) is 2.08. The second-order valence-corrected chi connectivity index (χ2v) is 4.77. The molecular weight excluding hydrogens is 248 g/mol. The highest BCUT2D eigenvalue weighted by atomic mass is 35.5. The van der Waals surface area contributed by atoms with Gasteiger partial charge in [-0.05, 0) is 25.3 Å². The first-order chi connectivity index (χ1) is 7.54. The Morgan fingerprint density at radius 3 is 2.88 bits per heavy atom. The number of nitrogens with one attached hydrogen (secondary N) is 1. The number of hydrogen-bond donors (Lipinski definition) is 1. The molecule has 0 spiro atoms. The summed E-state index contributed by atoms with van der Waals surface area (Å²) < 4.78 is 0. The zero-order chi connectivity index (χ0) is 12.1. The molecule has 1 unspecified atom stereocenters. The van der Waals surface area contributed by atoms with Gasteiger partial charge in [0.15, 0.2) is 0 Å². The summed E-state index contributed by atoms with van der Waals surface area (Å²) in [7, 11) is 0. The quantitative estimate of drug-likeness (QED) is 0.651. The molecule has 88 valence electrons. The first-order valence-corrected chi connectivity index (χ1v) is 6.51. The number of nitrogens with zero attached hydrogens (tertiary/aromatic N) is 1. The predicted molar refractivity (Wildman–Crippen MR) is 69.6 cm³/mol. The molecule has 0 aromatic heterocycles. The van der Waals surface area contributed by atoms with Gasteiger partial charge in [-0.1, -0.05) is 11.6 Å². The van der Waals surface area contributed by atoms with Crippen LogP contribution in [0.1, 0.15) is 6.92 Å². The van der Waals surface area contributed by atoms with Gasteiger partial charge in [0.2, 0.25) is 0 Å². The lowest BCUT2D eigenvalue weighted by Crippen LogP contribution is -2.18. The third-order valence-corrected chi connectivity index (χ3v) is 3.04. The second kappa shape index (κ2) is 5.96. The second-order valence-electron chi connectivity index (χ2n) is 3.42. The van der Waals surface area contributed by atoms with Gasteiger partial charge in [0, 0.05) is 22.9 Å². The molecule has 0 fully saturated rings. The van der Waals surface area contributed by atoms with Crippen LogP contribution in [0, 0.1) is 10.1 Å². The minimum absolute atomic E-state index is 0.0143. The van der Waals surface area contributed by atoms with Crippen LogP contribution >= 0.6 is 23.4 Å². The standard InChI is InChI=1S/C10H13ClN2O2S/c1-7(6-16-2)12-9-4-3-8(11)5-10(9)13(14)15/h3-5,7,12H,6H2,1-2H3. The molecule has 1 N–H and O–H groups in total. The van der Waals surface area contributed by atoms with E-state index in [1.807, 2.05) is 13.2 Å². The first-order valence-electron chi connectivity index (χ1n) is 4.74. The Morgan fingerprint density at radius 1 is 1.62 bits per heavy atom. The number of benzene rings is 1. The van der Waals surface area contributed by atoms with Crippen LogP contribution in [0.5, 0.6) is 0 Å². The maximum absolute atomic E-state index is 10.8. The smallest absolute Gasteiger partial charge is 0.293 e. The summed E-state index contributed by atoms with van der Waals surface area (Å²) in [4.78, 5) is 10.4. The Kier molecular flexibility index (Phi) is 4.89. The van der Waals surface area contributed by atoms with Crippen LogP contribution in [0.2, 0.25) is 5.02 Å². The van der Waals surface area contributed by atoms with E-state index < -0.39 is 4.92 Å². The van der Waals surface area contributed by atoms with Crippen LogP contribution in [0.4, 0.5) is 11.4 Å². The van der Waals surface area contributed by atoms with Gasteiger partial charge in [-0.3, -0.25) is 10.1 Å². The molecule has 16 heavy (non-hydrogen) atoms. The minimum Gasteiger partial charge on any atom is -0.376 e. The number of nitro benzene ring substituents is 1. The molecule has 0 radical (unpaired) electrons. The van der Waals surface area contributed by atoms with Crippen molar-refractivity contribution in [3.8, 4) is 0 Å². The van der Waals surface area contributed by atoms with Crippen molar-refractivity contribution in [3.63, 3.8) is 0 Å². The van der Waals surface area contributed by atoms with Crippen molar-refractivity contribution in [2.45, 2.75) is 13.0 Å². The van der Waals surface area contributed by atoms with Crippen LogP contribution in [0.3, 0.4) is 0 Å². The fraction of sp³-hybridized carbons (Fsp3) is 0.400. The molecule has 1 rings (SSSR count). The molecular formula is C10H13ClN2O2S. The highest BCUT2D eigenvalue weighted by Gasteiger charge is 2.15.